The molecule has 0 aliphatic rings. The summed E-state index contributed by atoms with van der Waals surface area (Å²) in [6.07, 6.45) is 4.46. The maximum Gasteiger partial charge on any atom is 0.218 e. The first-order valence-electron chi connectivity index (χ1n) is 5.95. The molecular formula is C12H17N5O. The fraction of sp³-hybridized carbons (Fsp3) is 0.417. The number of methoxy groups -OCH3 is 1. The van der Waals surface area contributed by atoms with E-state index in [0.29, 0.717) is 12.4 Å². The van der Waals surface area contributed by atoms with Gasteiger partial charge in [0, 0.05) is 24.8 Å². The summed E-state index contributed by atoms with van der Waals surface area (Å²) in [6.45, 7) is 3.59. The zero-order valence-electron chi connectivity index (χ0n) is 10.6. The van der Waals surface area contributed by atoms with Crippen LogP contribution >= 0.6 is 0 Å². The van der Waals surface area contributed by atoms with Crippen molar-refractivity contribution in [2.75, 3.05) is 12.4 Å². The van der Waals surface area contributed by atoms with E-state index in [4.69, 9.17) is 4.74 Å². The molecular weight excluding hydrogens is 230 g/mol. The molecule has 2 aromatic rings. The molecule has 0 fully saturated rings. The van der Waals surface area contributed by atoms with Crippen LogP contribution in [0.25, 0.3) is 0 Å². The summed E-state index contributed by atoms with van der Waals surface area (Å²) in [5.74, 6) is 1.54. The van der Waals surface area contributed by atoms with Crippen LogP contribution in [0.5, 0.6) is 5.88 Å². The van der Waals surface area contributed by atoms with Gasteiger partial charge in [0.15, 0.2) is 0 Å². The van der Waals surface area contributed by atoms with Crippen molar-refractivity contribution in [3.63, 3.8) is 0 Å². The van der Waals surface area contributed by atoms with Gasteiger partial charge >= 0.3 is 0 Å². The molecule has 0 amide bonds. The van der Waals surface area contributed by atoms with Gasteiger partial charge in [-0.1, -0.05) is 18.2 Å². The first-order chi connectivity index (χ1) is 8.85. The average Bonchev–Trinajstić information content (AvgIpc) is 2.84. The minimum atomic E-state index is 0.633. The molecule has 0 aliphatic carbocycles. The maximum absolute atomic E-state index is 5.20. The molecule has 2 aromatic heterocycles. The third-order valence-corrected chi connectivity index (χ3v) is 2.56. The Morgan fingerprint density at radius 2 is 2.33 bits per heavy atom. The zero-order chi connectivity index (χ0) is 12.8. The van der Waals surface area contributed by atoms with Crippen molar-refractivity contribution < 1.29 is 4.74 Å². The molecule has 0 unspecified atom stereocenters. The van der Waals surface area contributed by atoms with Crippen molar-refractivity contribution in [1.29, 1.82) is 0 Å². The van der Waals surface area contributed by atoms with Crippen LogP contribution in [0.1, 0.15) is 18.9 Å². The highest BCUT2D eigenvalue weighted by molar-refractivity contribution is 5.35. The van der Waals surface area contributed by atoms with Gasteiger partial charge in [-0.2, -0.15) is 0 Å². The first kappa shape index (κ1) is 12.3. The molecule has 96 valence electrons. The van der Waals surface area contributed by atoms with Crippen molar-refractivity contribution in [3.8, 4) is 5.88 Å². The fourth-order valence-corrected chi connectivity index (χ4v) is 1.70. The van der Waals surface area contributed by atoms with E-state index >= 15 is 0 Å². The summed E-state index contributed by atoms with van der Waals surface area (Å²) < 4.78 is 7.05. The van der Waals surface area contributed by atoms with Gasteiger partial charge < -0.3 is 10.1 Å². The molecule has 0 aromatic carbocycles. The highest BCUT2D eigenvalue weighted by Gasteiger charge is 2.06. The molecule has 2 heterocycles. The van der Waals surface area contributed by atoms with Crippen LogP contribution in [0.3, 0.4) is 0 Å². The van der Waals surface area contributed by atoms with Gasteiger partial charge in [0.1, 0.15) is 5.82 Å². The molecule has 0 atom stereocenters. The van der Waals surface area contributed by atoms with Crippen molar-refractivity contribution in [3.05, 3.63) is 30.1 Å². The minimum Gasteiger partial charge on any atom is -0.481 e. The van der Waals surface area contributed by atoms with E-state index in [1.165, 1.54) is 0 Å². The van der Waals surface area contributed by atoms with E-state index < -0.39 is 0 Å². The molecule has 0 spiro atoms. The van der Waals surface area contributed by atoms with Gasteiger partial charge in [-0.15, -0.1) is 5.10 Å². The van der Waals surface area contributed by atoms with E-state index in [2.05, 4.69) is 27.5 Å². The second-order valence-electron chi connectivity index (χ2n) is 3.87. The van der Waals surface area contributed by atoms with E-state index in [0.717, 1.165) is 24.3 Å². The van der Waals surface area contributed by atoms with Crippen molar-refractivity contribution in [1.82, 2.24) is 20.0 Å². The molecule has 0 radical (unpaired) electrons. The number of ether oxygens (including phenoxy) is 1. The average molecular weight is 247 g/mol. The molecule has 6 nitrogen and oxygen atoms in total. The predicted octanol–water partition coefficient (Wildman–Crippen LogP) is 1.70. The third kappa shape index (κ3) is 2.77. The largest absolute Gasteiger partial charge is 0.481 e. The van der Waals surface area contributed by atoms with Crippen molar-refractivity contribution in [2.45, 2.75) is 26.4 Å². The van der Waals surface area contributed by atoms with Crippen LogP contribution in [0.2, 0.25) is 0 Å². The number of anilines is 1. The smallest absolute Gasteiger partial charge is 0.218 e. The van der Waals surface area contributed by atoms with E-state index in [1.54, 1.807) is 19.5 Å². The lowest BCUT2D eigenvalue weighted by atomic mass is 10.2. The number of rotatable bonds is 6. The Hall–Kier alpha value is -2.11. The second kappa shape index (κ2) is 6.00. The Labute approximate surface area is 106 Å². The standard InChI is InChI=1S/C12H17N5O/c1-3-7-17-11(9-15-16-17)14-8-10-5-4-6-13-12(10)18-2/h4-6,9,14H,3,7-8H2,1-2H3. The number of nitrogens with one attached hydrogen (secondary N) is 1. The molecule has 6 heteroatoms. The van der Waals surface area contributed by atoms with E-state index in [-0.39, 0.29) is 0 Å². The van der Waals surface area contributed by atoms with Crippen molar-refractivity contribution in [2.24, 2.45) is 0 Å². The summed E-state index contributed by atoms with van der Waals surface area (Å²) >= 11 is 0. The predicted molar refractivity (Wildman–Crippen MR) is 68.4 cm³/mol. The molecule has 0 saturated carbocycles. The molecule has 0 bridgehead atoms. The van der Waals surface area contributed by atoms with Crippen molar-refractivity contribution >= 4 is 5.82 Å². The Morgan fingerprint density at radius 1 is 1.44 bits per heavy atom. The number of nitrogens with zero attached hydrogens (tertiary/aromatic N) is 4. The zero-order valence-corrected chi connectivity index (χ0v) is 10.6. The summed E-state index contributed by atoms with van der Waals surface area (Å²) in [7, 11) is 1.62. The van der Waals surface area contributed by atoms with Gasteiger partial charge in [0.2, 0.25) is 5.88 Å². The number of pyridine rings is 1. The second-order valence-corrected chi connectivity index (χ2v) is 3.87. The molecule has 2 rings (SSSR count). The number of hydrogen-bond acceptors (Lipinski definition) is 5. The summed E-state index contributed by atoms with van der Waals surface area (Å²) in [5.41, 5.74) is 1.00. The summed E-state index contributed by atoms with van der Waals surface area (Å²) in [6, 6.07) is 3.87. The van der Waals surface area contributed by atoms with Crippen LogP contribution in [0.15, 0.2) is 24.5 Å². The van der Waals surface area contributed by atoms with E-state index in [1.807, 2.05) is 16.8 Å². The first-order valence-corrected chi connectivity index (χ1v) is 5.95. The van der Waals surface area contributed by atoms with Gasteiger partial charge in [-0.05, 0) is 12.5 Å². The Morgan fingerprint density at radius 3 is 3.11 bits per heavy atom. The van der Waals surface area contributed by atoms with Gasteiger partial charge in [0.25, 0.3) is 0 Å². The number of hydrogen-bond donors (Lipinski definition) is 1. The number of aryl methyl sites for hydroxylation is 1. The highest BCUT2D eigenvalue weighted by Crippen LogP contribution is 2.15. The Bertz CT molecular complexity index is 497. The van der Waals surface area contributed by atoms with Gasteiger partial charge in [-0.3, -0.25) is 0 Å². The lowest BCUT2D eigenvalue weighted by Crippen LogP contribution is -2.08. The maximum atomic E-state index is 5.20. The van der Waals surface area contributed by atoms with Crippen LogP contribution in [-0.2, 0) is 13.1 Å². The van der Waals surface area contributed by atoms with E-state index in [9.17, 15) is 0 Å². The topological polar surface area (TPSA) is 64.9 Å². The summed E-state index contributed by atoms with van der Waals surface area (Å²) in [5, 5.41) is 11.2. The third-order valence-electron chi connectivity index (χ3n) is 2.56. The molecule has 0 aliphatic heterocycles. The Balaban J connectivity index is 2.04. The van der Waals surface area contributed by atoms with Crippen LogP contribution < -0.4 is 10.1 Å². The molecule has 1 N–H and O–H groups in total. The molecule has 0 saturated heterocycles. The Kier molecular flexibility index (Phi) is 4.11. The number of aromatic nitrogens is 4. The summed E-state index contributed by atoms with van der Waals surface area (Å²) in [4.78, 5) is 4.16. The van der Waals surface area contributed by atoms with Crippen LogP contribution in [0.4, 0.5) is 5.82 Å². The lowest BCUT2D eigenvalue weighted by Gasteiger charge is -2.10. The quantitative estimate of drug-likeness (QED) is 0.841. The molecule has 18 heavy (non-hydrogen) atoms. The lowest BCUT2D eigenvalue weighted by molar-refractivity contribution is 0.393. The normalized spacial score (nSPS) is 10.3. The monoisotopic (exact) mass is 247 g/mol. The SMILES string of the molecule is CCCn1nncc1NCc1cccnc1OC. The van der Waals surface area contributed by atoms with Gasteiger partial charge in [-0.25, -0.2) is 9.67 Å². The van der Waals surface area contributed by atoms with Gasteiger partial charge in [0.05, 0.1) is 13.3 Å². The van der Waals surface area contributed by atoms with Crippen LogP contribution in [0, 0.1) is 0 Å². The van der Waals surface area contributed by atoms with Crippen LogP contribution in [-0.4, -0.2) is 27.1 Å². The minimum absolute atomic E-state index is 0.633. The fourth-order valence-electron chi connectivity index (χ4n) is 1.70. The highest BCUT2D eigenvalue weighted by atomic mass is 16.5.